The number of imide groups is 1. The third-order valence-electron chi connectivity index (χ3n) is 10.7. The van der Waals surface area contributed by atoms with Crippen LogP contribution in [0.1, 0.15) is 36.8 Å². The Morgan fingerprint density at radius 1 is 1.02 bits per heavy atom. The van der Waals surface area contributed by atoms with E-state index >= 15 is 13.2 Å². The first kappa shape index (κ1) is 36.4. The van der Waals surface area contributed by atoms with Crippen molar-refractivity contribution in [1.82, 2.24) is 29.0 Å². The van der Waals surface area contributed by atoms with E-state index in [0.717, 1.165) is 6.07 Å². The third kappa shape index (κ3) is 6.31. The maximum Gasteiger partial charge on any atom is 0.329 e. The van der Waals surface area contributed by atoms with Gasteiger partial charge in [-0.05, 0) is 60.7 Å². The zero-order valence-corrected chi connectivity index (χ0v) is 29.9. The lowest BCUT2D eigenvalue weighted by Crippen LogP contribution is -2.59. The van der Waals surface area contributed by atoms with Crippen LogP contribution in [-0.4, -0.2) is 107 Å². The lowest BCUT2D eigenvalue weighted by Gasteiger charge is -2.42. The van der Waals surface area contributed by atoms with Crippen molar-refractivity contribution in [2.75, 3.05) is 43.6 Å². The summed E-state index contributed by atoms with van der Waals surface area (Å²) in [6.07, 6.45) is -0.246. The van der Waals surface area contributed by atoms with E-state index in [1.807, 2.05) is 0 Å². The quantitative estimate of drug-likeness (QED) is 0.230. The van der Waals surface area contributed by atoms with Gasteiger partial charge >= 0.3 is 15.9 Å². The van der Waals surface area contributed by atoms with E-state index in [1.165, 1.54) is 56.3 Å². The highest BCUT2D eigenvalue weighted by molar-refractivity contribution is 7.92. The first-order valence-electron chi connectivity index (χ1n) is 17.4. The van der Waals surface area contributed by atoms with Gasteiger partial charge in [-0.25, -0.2) is 27.0 Å². The van der Waals surface area contributed by atoms with E-state index in [9.17, 15) is 37.5 Å². The van der Waals surface area contributed by atoms with Crippen LogP contribution < -0.4 is 24.8 Å². The molecule has 0 radical (unpaired) electrons. The van der Waals surface area contributed by atoms with Gasteiger partial charge in [-0.15, -0.1) is 0 Å². The fraction of sp³-hybridized carbons (Fsp3) is 0.400. The van der Waals surface area contributed by atoms with Crippen LogP contribution >= 0.6 is 0 Å². The van der Waals surface area contributed by atoms with Crippen molar-refractivity contribution in [2.24, 2.45) is 7.05 Å². The summed E-state index contributed by atoms with van der Waals surface area (Å²) in [6, 6.07) is 9.15. The molecule has 4 aliphatic heterocycles. The van der Waals surface area contributed by atoms with Crippen molar-refractivity contribution in [3.8, 4) is 11.5 Å². The Morgan fingerprint density at radius 2 is 1.78 bits per heavy atom. The van der Waals surface area contributed by atoms with E-state index in [0.29, 0.717) is 20.9 Å². The number of halogens is 3. The number of carbonyl (C=O) groups is 4. The molecule has 2 atom stereocenters. The Hall–Kier alpha value is -5.63. The van der Waals surface area contributed by atoms with Crippen molar-refractivity contribution in [3.05, 3.63) is 64.3 Å². The summed E-state index contributed by atoms with van der Waals surface area (Å²) in [5, 5.41) is 12.8. The molecule has 3 N–H and O–H groups in total. The number of nitrogens with one attached hydrogen (secondary N) is 2. The van der Waals surface area contributed by atoms with Gasteiger partial charge in [0.2, 0.25) is 17.7 Å². The number of aromatic nitrogens is 2. The molecule has 2 unspecified atom stereocenters. The molecule has 20 heteroatoms. The lowest BCUT2D eigenvalue weighted by molar-refractivity contribution is -0.144. The van der Waals surface area contributed by atoms with Crippen molar-refractivity contribution in [3.63, 3.8) is 0 Å². The Kier molecular flexibility index (Phi) is 8.59. The van der Waals surface area contributed by atoms with E-state index in [-0.39, 0.29) is 67.9 Å². The zero-order valence-electron chi connectivity index (χ0n) is 29.1. The molecule has 0 spiro atoms. The number of aromatic hydroxyl groups is 1. The highest BCUT2D eigenvalue weighted by Gasteiger charge is 2.46. The number of alkyl halides is 2. The average Bonchev–Trinajstić information content (AvgIpc) is 3.50. The molecular weight excluding hydrogens is 751 g/mol. The monoisotopic (exact) mass is 785 g/mol. The molecule has 0 saturated carbocycles. The summed E-state index contributed by atoms with van der Waals surface area (Å²) in [6.45, 7) is -1.14. The maximum absolute atomic E-state index is 15.7. The van der Waals surface area contributed by atoms with Gasteiger partial charge in [0.15, 0.2) is 5.82 Å². The van der Waals surface area contributed by atoms with Gasteiger partial charge in [0.1, 0.15) is 35.9 Å². The van der Waals surface area contributed by atoms with Gasteiger partial charge in [-0.2, -0.15) is 8.42 Å². The normalized spacial score (nSPS) is 22.9. The third-order valence-corrected chi connectivity index (χ3v) is 12.0. The minimum atomic E-state index is -4.40. The topological polar surface area (TPSA) is 193 Å². The summed E-state index contributed by atoms with van der Waals surface area (Å²) in [5.74, 6) is -8.25. The van der Waals surface area contributed by atoms with Gasteiger partial charge in [-0.3, -0.25) is 38.5 Å². The van der Waals surface area contributed by atoms with Crippen LogP contribution in [0.5, 0.6) is 11.5 Å². The second-order valence-electron chi connectivity index (χ2n) is 14.3. The minimum absolute atomic E-state index is 0.0356. The number of hydrogen-bond donors (Lipinski definition) is 3. The smallest absolute Gasteiger partial charge is 0.329 e. The Labute approximate surface area is 310 Å². The number of benzene rings is 3. The summed E-state index contributed by atoms with van der Waals surface area (Å²) in [5.41, 5.74) is -0.107. The fourth-order valence-corrected chi connectivity index (χ4v) is 9.01. The number of nitrogens with zero attached hydrogens (tertiary/aromatic N) is 5. The number of phenolic OH excluding ortho intramolecular Hbond substituents is 1. The molecule has 4 fully saturated rings. The molecule has 5 heterocycles. The fourth-order valence-electron chi connectivity index (χ4n) is 7.85. The van der Waals surface area contributed by atoms with Crippen molar-refractivity contribution in [2.45, 2.75) is 43.2 Å². The number of carbonyl (C=O) groups excluding carboxylic acids is 4. The van der Waals surface area contributed by atoms with Crippen LogP contribution in [-0.2, 0) is 36.4 Å². The van der Waals surface area contributed by atoms with Crippen LogP contribution in [0, 0.1) is 5.82 Å². The number of anilines is 1. The lowest BCUT2D eigenvalue weighted by atomic mass is 9.86. The standard InChI is InChI=1S/C35H34F3N7O9S/c1-41-26-10-19(3-5-24(26)45(34(41)51)25-6-7-28(47)39-33(25)50)23-8-9-42(17-35(23,37)38)16-30(49)43-13-21(14-43)54-20-4-2-18-11-27(46)32(31(36)22(18)12-20)44-15-29(48)40-55(44,52)53/h2-5,10-12,21,23,25,46H,6-9,13-17H2,1H3,(H,40,48)(H,39,47,50). The Balaban J connectivity index is 0.890. The highest BCUT2D eigenvalue weighted by atomic mass is 32.2. The van der Waals surface area contributed by atoms with Crippen LogP contribution in [0.2, 0.25) is 0 Å². The first-order chi connectivity index (χ1) is 26.0. The van der Waals surface area contributed by atoms with Gasteiger partial charge in [0.05, 0.1) is 43.1 Å². The summed E-state index contributed by atoms with van der Waals surface area (Å²) >= 11 is 0. The van der Waals surface area contributed by atoms with Crippen LogP contribution in [0.25, 0.3) is 21.8 Å². The first-order valence-corrected chi connectivity index (χ1v) is 18.8. The molecule has 0 aliphatic carbocycles. The molecule has 3 aromatic carbocycles. The molecule has 4 aliphatic rings. The molecule has 1 aromatic heterocycles. The van der Waals surface area contributed by atoms with Crippen molar-refractivity contribution < 1.29 is 50.6 Å². The molecular formula is C35H34F3N7O9S. The molecule has 4 saturated heterocycles. The SMILES string of the molecule is Cn1c(=O)n(C2CCC(=O)NC2=O)c2ccc(C3CCN(CC(=O)N4CC(Oc5ccc6cc(O)c(N7CC(=O)NS7(=O)=O)c(F)c6c5)C4)CC3(F)F)cc21. The molecule has 290 valence electrons. The Bertz CT molecular complexity index is 2500. The van der Waals surface area contributed by atoms with E-state index in [1.54, 1.807) is 10.8 Å². The number of phenols is 1. The number of likely N-dealkylation sites (tertiary alicyclic amines) is 2. The number of imidazole rings is 1. The van der Waals surface area contributed by atoms with Crippen LogP contribution in [0.3, 0.4) is 0 Å². The minimum Gasteiger partial charge on any atom is -0.506 e. The molecule has 16 nitrogen and oxygen atoms in total. The van der Waals surface area contributed by atoms with Crippen molar-refractivity contribution >= 4 is 61.3 Å². The molecule has 0 bridgehead atoms. The molecule has 4 amide bonds. The van der Waals surface area contributed by atoms with E-state index in [2.05, 4.69) is 5.32 Å². The van der Waals surface area contributed by atoms with Crippen LogP contribution in [0.4, 0.5) is 18.9 Å². The van der Waals surface area contributed by atoms with E-state index < -0.39 is 88.0 Å². The number of amides is 4. The molecule has 55 heavy (non-hydrogen) atoms. The Morgan fingerprint density at radius 3 is 2.47 bits per heavy atom. The van der Waals surface area contributed by atoms with Gasteiger partial charge in [-0.1, -0.05) is 12.1 Å². The number of piperidine rings is 2. The summed E-state index contributed by atoms with van der Waals surface area (Å²) in [7, 11) is -2.91. The second-order valence-corrected chi connectivity index (χ2v) is 15.9. The maximum atomic E-state index is 15.7. The molecule has 4 aromatic rings. The number of rotatable bonds is 7. The average molecular weight is 786 g/mol. The number of fused-ring (bicyclic) bond motifs is 2. The second kappa shape index (κ2) is 13.0. The van der Waals surface area contributed by atoms with Crippen molar-refractivity contribution in [1.29, 1.82) is 0 Å². The summed E-state index contributed by atoms with van der Waals surface area (Å²) < 4.78 is 82.3. The van der Waals surface area contributed by atoms with Gasteiger partial charge in [0, 0.05) is 18.9 Å². The highest BCUT2D eigenvalue weighted by Crippen LogP contribution is 2.42. The molecule has 8 rings (SSSR count). The van der Waals surface area contributed by atoms with Gasteiger partial charge < -0.3 is 14.7 Å². The predicted octanol–water partition coefficient (Wildman–Crippen LogP) is 1.21. The zero-order chi connectivity index (χ0) is 39.1. The van der Waals surface area contributed by atoms with E-state index in [4.69, 9.17) is 4.74 Å². The summed E-state index contributed by atoms with van der Waals surface area (Å²) in [4.78, 5) is 64.9. The largest absolute Gasteiger partial charge is 0.506 e. The number of ether oxygens (including phenoxy) is 1. The van der Waals surface area contributed by atoms with Crippen LogP contribution in [0.15, 0.2) is 47.3 Å². The number of hydrogen-bond acceptors (Lipinski definition) is 10. The van der Waals surface area contributed by atoms with Gasteiger partial charge in [0.25, 0.3) is 11.8 Å². The predicted molar refractivity (Wildman–Crippen MR) is 188 cm³/mol. The number of aryl methyl sites for hydroxylation is 1.